The van der Waals surface area contributed by atoms with Crippen LogP contribution in [0.25, 0.3) is 0 Å². The van der Waals surface area contributed by atoms with Gasteiger partial charge in [0.15, 0.2) is 0 Å². The van der Waals surface area contributed by atoms with Crippen LogP contribution in [0.1, 0.15) is 11.6 Å². The summed E-state index contributed by atoms with van der Waals surface area (Å²) >= 11 is 0. The molecule has 0 aliphatic heterocycles. The average molecular weight is 237 g/mol. The van der Waals surface area contributed by atoms with Gasteiger partial charge in [-0.1, -0.05) is 30.3 Å². The second-order valence-corrected chi connectivity index (χ2v) is 3.85. The fourth-order valence-electron chi connectivity index (χ4n) is 1.69. The maximum atomic E-state index is 9.22. The van der Waals surface area contributed by atoms with Crippen LogP contribution in [0, 0.1) is 11.3 Å². The lowest BCUT2D eigenvalue weighted by atomic mass is 9.92. The molecule has 1 unspecified atom stereocenters. The quantitative estimate of drug-likeness (QED) is 0.886. The van der Waals surface area contributed by atoms with Crippen molar-refractivity contribution in [3.05, 3.63) is 60.2 Å². The Morgan fingerprint density at radius 1 is 1.06 bits per heavy atom. The van der Waals surface area contributed by atoms with Crippen LogP contribution >= 0.6 is 0 Å². The average Bonchev–Trinajstić information content (AvgIpc) is 2.46. The third kappa shape index (κ3) is 2.80. The molecule has 0 saturated carbocycles. The van der Waals surface area contributed by atoms with Crippen LogP contribution in [0.5, 0.6) is 5.75 Å². The number of nitrogens with zero attached hydrogens (tertiary/aromatic N) is 1. The Labute approximate surface area is 107 Å². The van der Waals surface area contributed by atoms with Crippen LogP contribution in [0.15, 0.2) is 54.6 Å². The van der Waals surface area contributed by atoms with Crippen LogP contribution in [0.2, 0.25) is 0 Å². The number of hydrogen-bond donors (Lipinski definition) is 1. The predicted molar refractivity (Wildman–Crippen MR) is 71.4 cm³/mol. The van der Waals surface area contributed by atoms with Crippen molar-refractivity contribution in [3.8, 4) is 11.8 Å². The SMILES string of the molecule is COc1ccc(C([11C]#N)Nc2ccccc2)cc1. The Morgan fingerprint density at radius 3 is 2.28 bits per heavy atom. The van der Waals surface area contributed by atoms with E-state index in [0.29, 0.717) is 0 Å². The van der Waals surface area contributed by atoms with Crippen molar-refractivity contribution in [2.75, 3.05) is 12.4 Å². The van der Waals surface area contributed by atoms with Crippen molar-refractivity contribution >= 4 is 5.69 Å². The normalized spacial score (nSPS) is 11.3. The summed E-state index contributed by atoms with van der Waals surface area (Å²) in [6.45, 7) is 0. The van der Waals surface area contributed by atoms with Gasteiger partial charge in [-0.05, 0) is 29.8 Å². The maximum absolute atomic E-state index is 9.22. The molecule has 0 aliphatic carbocycles. The van der Waals surface area contributed by atoms with Gasteiger partial charge in [0.25, 0.3) is 0 Å². The first-order valence-electron chi connectivity index (χ1n) is 5.68. The van der Waals surface area contributed by atoms with E-state index in [-0.39, 0.29) is 6.04 Å². The van der Waals surface area contributed by atoms with E-state index in [2.05, 4.69) is 11.4 Å². The first kappa shape index (κ1) is 12.0. The number of nitriles is 1. The molecule has 1 N–H and O–H groups in total. The molecule has 0 saturated heterocycles. The second-order valence-electron chi connectivity index (χ2n) is 3.85. The molecule has 0 aromatic heterocycles. The van der Waals surface area contributed by atoms with Crippen LogP contribution < -0.4 is 10.1 Å². The molecule has 3 heteroatoms. The summed E-state index contributed by atoms with van der Waals surface area (Å²) in [5, 5.41) is 12.4. The van der Waals surface area contributed by atoms with E-state index in [4.69, 9.17) is 4.74 Å². The van der Waals surface area contributed by atoms with Crippen molar-refractivity contribution < 1.29 is 4.74 Å². The minimum absolute atomic E-state index is 0.363. The number of rotatable bonds is 4. The van der Waals surface area contributed by atoms with Gasteiger partial charge < -0.3 is 10.1 Å². The monoisotopic (exact) mass is 237 g/mol. The second kappa shape index (κ2) is 5.74. The molecule has 1 atom stereocenters. The predicted octanol–water partition coefficient (Wildman–Crippen LogP) is 3.37. The minimum atomic E-state index is -0.363. The number of methoxy groups -OCH3 is 1. The summed E-state index contributed by atoms with van der Waals surface area (Å²) in [5.74, 6) is 0.787. The van der Waals surface area contributed by atoms with E-state index < -0.39 is 0 Å². The number of benzene rings is 2. The molecule has 90 valence electrons. The molecule has 0 heterocycles. The molecule has 18 heavy (non-hydrogen) atoms. The fraction of sp³-hybridized carbons (Fsp3) is 0.133. The van der Waals surface area contributed by atoms with Crippen molar-refractivity contribution in [1.82, 2.24) is 0 Å². The summed E-state index contributed by atoms with van der Waals surface area (Å²) in [6.07, 6.45) is 0. The van der Waals surface area contributed by atoms with E-state index in [0.717, 1.165) is 17.0 Å². The van der Waals surface area contributed by atoms with Gasteiger partial charge >= 0.3 is 0 Å². The largest absolute Gasteiger partial charge is 0.497 e. The number of ether oxygens (including phenoxy) is 1. The van der Waals surface area contributed by atoms with Crippen LogP contribution in [-0.2, 0) is 0 Å². The Kier molecular flexibility index (Phi) is 3.83. The van der Waals surface area contributed by atoms with Gasteiger partial charge in [-0.25, -0.2) is 0 Å². The van der Waals surface area contributed by atoms with E-state index in [1.165, 1.54) is 0 Å². The van der Waals surface area contributed by atoms with Gasteiger partial charge in [0, 0.05) is 5.69 Å². The molecule has 3 nitrogen and oxygen atoms in total. The first-order valence-corrected chi connectivity index (χ1v) is 5.68. The molecule has 0 bridgehead atoms. The van der Waals surface area contributed by atoms with Gasteiger partial charge in [-0.2, -0.15) is 5.26 Å². The molecule has 2 rings (SSSR count). The molecule has 0 radical (unpaired) electrons. The van der Waals surface area contributed by atoms with Crippen LogP contribution in [-0.4, -0.2) is 7.11 Å². The van der Waals surface area contributed by atoms with Crippen molar-refractivity contribution in [1.29, 1.82) is 5.26 Å². The molecular weight excluding hydrogens is 223 g/mol. The Balaban J connectivity index is 2.16. The molecule has 0 aliphatic rings. The fourth-order valence-corrected chi connectivity index (χ4v) is 1.69. The van der Waals surface area contributed by atoms with Crippen molar-refractivity contribution in [2.45, 2.75) is 6.04 Å². The lowest BCUT2D eigenvalue weighted by Gasteiger charge is -2.13. The Bertz CT molecular complexity index is 529. The van der Waals surface area contributed by atoms with Crippen molar-refractivity contribution in [3.63, 3.8) is 0 Å². The third-order valence-electron chi connectivity index (χ3n) is 2.66. The third-order valence-corrected chi connectivity index (χ3v) is 2.66. The topological polar surface area (TPSA) is 45.0 Å². The van der Waals surface area contributed by atoms with Gasteiger partial charge in [-0.3, -0.25) is 0 Å². The zero-order valence-corrected chi connectivity index (χ0v) is 10.1. The molecule has 0 fully saturated rings. The summed E-state index contributed by atoms with van der Waals surface area (Å²) in [6, 6.07) is 19.1. The molecular formula is C15H14N2O. The molecule has 0 amide bonds. The summed E-state index contributed by atoms with van der Waals surface area (Å²) < 4.78 is 5.10. The van der Waals surface area contributed by atoms with E-state index in [1.807, 2.05) is 54.6 Å². The summed E-state index contributed by atoms with van der Waals surface area (Å²) in [5.41, 5.74) is 1.85. The lowest BCUT2D eigenvalue weighted by molar-refractivity contribution is 0.414. The number of para-hydroxylation sites is 1. The van der Waals surface area contributed by atoms with Gasteiger partial charge in [0.2, 0.25) is 0 Å². The van der Waals surface area contributed by atoms with Crippen LogP contribution in [0.3, 0.4) is 0 Å². The Hall–Kier alpha value is -2.47. The highest BCUT2D eigenvalue weighted by atomic mass is 16.5. The van der Waals surface area contributed by atoms with E-state index in [1.54, 1.807) is 7.11 Å². The van der Waals surface area contributed by atoms with Gasteiger partial charge in [-0.15, -0.1) is 0 Å². The molecule has 2 aromatic carbocycles. The first-order chi connectivity index (χ1) is 8.83. The zero-order chi connectivity index (χ0) is 12.8. The molecule has 0 spiro atoms. The van der Waals surface area contributed by atoms with Crippen LogP contribution in [0.4, 0.5) is 5.69 Å². The minimum Gasteiger partial charge on any atom is -0.497 e. The smallest absolute Gasteiger partial charge is 0.140 e. The highest BCUT2D eigenvalue weighted by Crippen LogP contribution is 2.21. The van der Waals surface area contributed by atoms with E-state index >= 15 is 0 Å². The highest BCUT2D eigenvalue weighted by Gasteiger charge is 2.09. The van der Waals surface area contributed by atoms with Gasteiger partial charge in [0.1, 0.15) is 11.8 Å². The highest BCUT2D eigenvalue weighted by molar-refractivity contribution is 5.47. The summed E-state index contributed by atoms with van der Waals surface area (Å²) in [4.78, 5) is 0. The maximum Gasteiger partial charge on any atom is 0.140 e. The standard InChI is InChI=1S/C15H14N2O/c1-18-14-9-7-12(8-10-14)15(11-16)17-13-5-3-2-4-6-13/h2-10,15,17H,1H3/i11-1. The lowest BCUT2D eigenvalue weighted by Crippen LogP contribution is -2.08. The van der Waals surface area contributed by atoms with Crippen molar-refractivity contribution in [2.24, 2.45) is 0 Å². The molecule has 2 aromatic rings. The summed E-state index contributed by atoms with van der Waals surface area (Å²) in [7, 11) is 1.62. The zero-order valence-electron chi connectivity index (χ0n) is 10.1. The Morgan fingerprint density at radius 2 is 1.72 bits per heavy atom. The number of hydrogen-bond acceptors (Lipinski definition) is 3. The van der Waals surface area contributed by atoms with E-state index in [9.17, 15) is 5.26 Å². The number of nitrogens with one attached hydrogen (secondary N) is 1. The number of anilines is 1. The van der Waals surface area contributed by atoms with Gasteiger partial charge in [0.05, 0.1) is 13.2 Å².